The van der Waals surface area contributed by atoms with Crippen LogP contribution in [0.3, 0.4) is 0 Å². The predicted octanol–water partition coefficient (Wildman–Crippen LogP) is 3.72. The first-order valence-electron chi connectivity index (χ1n) is 10.8. The molecule has 7 nitrogen and oxygen atoms in total. The fourth-order valence-electron chi connectivity index (χ4n) is 4.58. The van der Waals surface area contributed by atoms with Gasteiger partial charge < -0.3 is 9.32 Å². The molecule has 0 unspecified atom stereocenters. The van der Waals surface area contributed by atoms with Crippen LogP contribution in [0.4, 0.5) is 0 Å². The Labute approximate surface area is 195 Å². The van der Waals surface area contributed by atoms with E-state index >= 15 is 0 Å². The van der Waals surface area contributed by atoms with Crippen molar-refractivity contribution in [3.05, 3.63) is 40.9 Å². The molecule has 170 valence electrons. The lowest BCUT2D eigenvalue weighted by Crippen LogP contribution is -2.41. The number of hydrogen-bond acceptors (Lipinski definition) is 8. The number of fused-ring (bicyclic) bond motifs is 3. The number of carbonyl (C=O) groups excluding carboxylic acids is 1. The van der Waals surface area contributed by atoms with Crippen LogP contribution in [0.2, 0.25) is 0 Å². The van der Waals surface area contributed by atoms with Crippen molar-refractivity contribution in [3.63, 3.8) is 0 Å². The van der Waals surface area contributed by atoms with Gasteiger partial charge in [0.15, 0.2) is 9.84 Å². The molecule has 5 rings (SSSR count). The summed E-state index contributed by atoms with van der Waals surface area (Å²) >= 11 is 3.16. The van der Waals surface area contributed by atoms with Gasteiger partial charge in [0.1, 0.15) is 21.9 Å². The van der Waals surface area contributed by atoms with Gasteiger partial charge in [-0.3, -0.25) is 4.79 Å². The van der Waals surface area contributed by atoms with Gasteiger partial charge >= 0.3 is 0 Å². The molecule has 2 atom stereocenters. The zero-order valence-electron chi connectivity index (χ0n) is 17.8. The maximum atomic E-state index is 13.3. The number of sulfone groups is 1. The number of nitrogens with zero attached hydrogens (tertiary/aromatic N) is 3. The van der Waals surface area contributed by atoms with Crippen molar-refractivity contribution in [2.75, 3.05) is 17.3 Å². The second kappa shape index (κ2) is 8.79. The molecular weight excluding hydrogens is 466 g/mol. The summed E-state index contributed by atoms with van der Waals surface area (Å²) in [5, 5.41) is 1.94. The molecule has 1 aliphatic heterocycles. The number of amides is 1. The highest BCUT2D eigenvalue weighted by Crippen LogP contribution is 2.40. The highest BCUT2D eigenvalue weighted by atomic mass is 32.2. The Hall–Kier alpha value is -1.91. The molecule has 1 amide bonds. The van der Waals surface area contributed by atoms with Gasteiger partial charge in [0, 0.05) is 16.3 Å². The highest BCUT2D eigenvalue weighted by Gasteiger charge is 2.35. The average Bonchev–Trinajstić information content (AvgIpc) is 3.48. The Balaban J connectivity index is 1.37. The first kappa shape index (κ1) is 21.9. The number of rotatable bonds is 6. The number of furan rings is 1. The lowest BCUT2D eigenvalue weighted by atomic mass is 9.89. The fraction of sp³-hybridized carbons (Fsp3) is 0.500. The average molecular weight is 492 g/mol. The van der Waals surface area contributed by atoms with Gasteiger partial charge in [0.05, 0.1) is 30.1 Å². The highest BCUT2D eigenvalue weighted by molar-refractivity contribution is 8.00. The molecule has 1 aliphatic carbocycles. The molecule has 1 saturated heterocycles. The molecule has 4 heterocycles. The van der Waals surface area contributed by atoms with E-state index in [1.807, 2.05) is 6.07 Å². The molecule has 32 heavy (non-hydrogen) atoms. The van der Waals surface area contributed by atoms with Crippen LogP contribution in [0, 0.1) is 5.92 Å². The Morgan fingerprint density at radius 3 is 2.97 bits per heavy atom. The molecular formula is C22H25N3O4S3. The third kappa shape index (κ3) is 4.45. The lowest BCUT2D eigenvalue weighted by Gasteiger charge is -2.27. The molecule has 0 spiro atoms. The number of hydrogen-bond donors (Lipinski definition) is 0. The minimum Gasteiger partial charge on any atom is -0.467 e. The third-order valence-corrected chi connectivity index (χ3v) is 10.2. The van der Waals surface area contributed by atoms with Crippen molar-refractivity contribution in [3.8, 4) is 0 Å². The number of aromatic nitrogens is 2. The first-order chi connectivity index (χ1) is 15.4. The monoisotopic (exact) mass is 491 g/mol. The molecule has 0 saturated carbocycles. The summed E-state index contributed by atoms with van der Waals surface area (Å²) in [7, 11) is -3.11. The normalized spacial score (nSPS) is 22.2. The van der Waals surface area contributed by atoms with Crippen molar-refractivity contribution in [1.29, 1.82) is 0 Å². The largest absolute Gasteiger partial charge is 0.467 e. The van der Waals surface area contributed by atoms with Crippen LogP contribution >= 0.6 is 23.1 Å². The quantitative estimate of drug-likeness (QED) is 0.383. The van der Waals surface area contributed by atoms with Gasteiger partial charge in [-0.1, -0.05) is 18.7 Å². The predicted molar refractivity (Wildman–Crippen MR) is 126 cm³/mol. The molecule has 3 aromatic heterocycles. The van der Waals surface area contributed by atoms with Crippen LogP contribution in [0.5, 0.6) is 0 Å². The molecule has 0 radical (unpaired) electrons. The van der Waals surface area contributed by atoms with E-state index in [1.54, 1.807) is 34.9 Å². The van der Waals surface area contributed by atoms with E-state index in [4.69, 9.17) is 4.42 Å². The van der Waals surface area contributed by atoms with E-state index in [9.17, 15) is 13.2 Å². The zero-order valence-corrected chi connectivity index (χ0v) is 20.3. The van der Waals surface area contributed by atoms with Crippen LogP contribution in [0.15, 0.2) is 34.2 Å². The van der Waals surface area contributed by atoms with Crippen molar-refractivity contribution in [2.24, 2.45) is 5.92 Å². The summed E-state index contributed by atoms with van der Waals surface area (Å²) in [4.78, 5) is 26.3. The van der Waals surface area contributed by atoms with Crippen LogP contribution in [0.1, 0.15) is 36.0 Å². The van der Waals surface area contributed by atoms with Crippen LogP contribution in [0.25, 0.3) is 10.2 Å². The van der Waals surface area contributed by atoms with E-state index in [1.165, 1.54) is 22.2 Å². The molecule has 0 aromatic carbocycles. The molecule has 3 aromatic rings. The molecule has 2 aliphatic rings. The Morgan fingerprint density at radius 1 is 1.34 bits per heavy atom. The van der Waals surface area contributed by atoms with Gasteiger partial charge in [0.2, 0.25) is 5.91 Å². The van der Waals surface area contributed by atoms with E-state index in [-0.39, 0.29) is 35.8 Å². The second-order valence-electron chi connectivity index (χ2n) is 8.66. The van der Waals surface area contributed by atoms with Crippen LogP contribution < -0.4 is 0 Å². The van der Waals surface area contributed by atoms with Gasteiger partial charge in [-0.05, 0) is 49.3 Å². The van der Waals surface area contributed by atoms with E-state index < -0.39 is 9.84 Å². The van der Waals surface area contributed by atoms with E-state index in [0.29, 0.717) is 18.1 Å². The summed E-state index contributed by atoms with van der Waals surface area (Å²) in [6.07, 6.45) is 6.86. The van der Waals surface area contributed by atoms with E-state index in [2.05, 4.69) is 16.9 Å². The minimum absolute atomic E-state index is 0.0120. The van der Waals surface area contributed by atoms with Crippen molar-refractivity contribution in [2.45, 2.75) is 50.2 Å². The van der Waals surface area contributed by atoms with E-state index in [0.717, 1.165) is 34.5 Å². The standard InChI is InChI=1S/C22H25N3O4S3/c1-14-4-5-17-18(9-14)31-22-20(17)21(23-13-24-22)30-11-19(26)25(10-16-3-2-7-29-16)15-6-8-32(27,28)12-15/h2-3,7,13-15H,4-6,8-12H2,1H3/t14-,15-/m1/s1. The summed E-state index contributed by atoms with van der Waals surface area (Å²) in [6, 6.07) is 3.26. The van der Waals surface area contributed by atoms with Gasteiger partial charge in [-0.25, -0.2) is 18.4 Å². The molecule has 10 heteroatoms. The number of thiophene rings is 1. The van der Waals surface area contributed by atoms with Crippen molar-refractivity contribution < 1.29 is 17.6 Å². The molecule has 0 N–H and O–H groups in total. The van der Waals surface area contributed by atoms with Crippen LogP contribution in [-0.2, 0) is 34.0 Å². The number of thioether (sulfide) groups is 1. The third-order valence-electron chi connectivity index (χ3n) is 6.27. The summed E-state index contributed by atoms with van der Waals surface area (Å²) < 4.78 is 29.5. The lowest BCUT2D eigenvalue weighted by molar-refractivity contribution is -0.131. The van der Waals surface area contributed by atoms with Gasteiger partial charge in [-0.2, -0.15) is 0 Å². The summed E-state index contributed by atoms with van der Waals surface area (Å²) in [5.41, 5.74) is 1.34. The SMILES string of the molecule is C[C@@H]1CCc2c(sc3ncnc(SCC(=O)N(Cc4ccco4)[C@@H]4CCS(=O)(=O)C4)c23)C1. The maximum absolute atomic E-state index is 13.3. The van der Waals surface area contributed by atoms with Gasteiger partial charge in [-0.15, -0.1) is 11.3 Å². The first-order valence-corrected chi connectivity index (χ1v) is 14.4. The Bertz CT molecular complexity index is 1240. The number of aryl methyl sites for hydroxylation is 1. The van der Waals surface area contributed by atoms with Crippen molar-refractivity contribution >= 4 is 49.1 Å². The minimum atomic E-state index is -3.11. The smallest absolute Gasteiger partial charge is 0.233 e. The fourth-order valence-corrected chi connectivity index (χ4v) is 8.64. The topological polar surface area (TPSA) is 93.4 Å². The second-order valence-corrected chi connectivity index (χ2v) is 12.9. The van der Waals surface area contributed by atoms with Crippen LogP contribution in [-0.4, -0.2) is 52.5 Å². The number of carbonyl (C=O) groups is 1. The zero-order chi connectivity index (χ0) is 22.3. The Kier molecular flexibility index (Phi) is 6.02. The van der Waals surface area contributed by atoms with Crippen molar-refractivity contribution in [1.82, 2.24) is 14.9 Å². The maximum Gasteiger partial charge on any atom is 0.233 e. The molecule has 1 fully saturated rings. The summed E-state index contributed by atoms with van der Waals surface area (Å²) in [6.45, 7) is 2.56. The summed E-state index contributed by atoms with van der Waals surface area (Å²) in [5.74, 6) is 1.57. The Morgan fingerprint density at radius 2 is 2.22 bits per heavy atom. The molecule has 0 bridgehead atoms. The van der Waals surface area contributed by atoms with Gasteiger partial charge in [0.25, 0.3) is 0 Å².